The fourth-order valence-electron chi connectivity index (χ4n) is 9.00. The first-order valence-electron chi connectivity index (χ1n) is 17.2. The number of likely N-dealkylation sites (tertiary alicyclic amines) is 2. The van der Waals surface area contributed by atoms with Crippen molar-refractivity contribution in [2.45, 2.75) is 102 Å². The molecule has 3 aliphatic carbocycles. The van der Waals surface area contributed by atoms with Gasteiger partial charge in [-0.1, -0.05) is 44.2 Å². The molecular weight excluding hydrogens is 605 g/mol. The van der Waals surface area contributed by atoms with Gasteiger partial charge >= 0.3 is 13.2 Å². The fraction of sp³-hybridized carbons (Fsp3) is 0.743. The number of alkyl carbamates (subject to hydrolysis) is 1. The number of nitriles is 1. The number of ether oxygens (including phenoxy) is 1. The summed E-state index contributed by atoms with van der Waals surface area (Å²) < 4.78 is 46.6. The van der Waals surface area contributed by atoms with Crippen molar-refractivity contribution in [3.63, 3.8) is 0 Å². The van der Waals surface area contributed by atoms with E-state index in [9.17, 15) is 23.6 Å². The van der Waals surface area contributed by atoms with Crippen LogP contribution in [0.15, 0.2) is 30.3 Å². The lowest BCUT2D eigenvalue weighted by Gasteiger charge is -2.64. The molecule has 0 aromatic heterocycles. The Kier molecular flexibility index (Phi) is 9.16. The van der Waals surface area contributed by atoms with E-state index in [1.54, 1.807) is 9.80 Å². The van der Waals surface area contributed by atoms with Gasteiger partial charge in [0.05, 0.1) is 36.9 Å². The number of halogens is 2. The van der Waals surface area contributed by atoms with Gasteiger partial charge in [-0.25, -0.2) is 13.6 Å². The van der Waals surface area contributed by atoms with Gasteiger partial charge in [-0.2, -0.15) is 5.26 Å². The van der Waals surface area contributed by atoms with Crippen LogP contribution in [0.3, 0.4) is 0 Å². The summed E-state index contributed by atoms with van der Waals surface area (Å²) in [7, 11) is -0.605. The molecule has 3 saturated heterocycles. The Morgan fingerprint density at radius 2 is 1.94 bits per heavy atom. The lowest BCUT2D eigenvalue weighted by Crippen LogP contribution is -2.65. The summed E-state index contributed by atoms with van der Waals surface area (Å²) in [5.41, 5.74) is 0.134. The Labute approximate surface area is 277 Å². The second-order valence-corrected chi connectivity index (χ2v) is 16.0. The van der Waals surface area contributed by atoms with Crippen LogP contribution < -0.4 is 5.32 Å². The summed E-state index contributed by atoms with van der Waals surface area (Å²) in [4.78, 5) is 29.8. The standard InChI is InChI=1S/C35H49BF2N4O5/c1-32(2,42-14-12-35(37,38)22-42)18-25(19-39)30(43)41-13-11-24(20-41)21-45-31(44)40-29(15-23-9-7-6-8-10-23)36-46-28-17-26-16-27(33(26,3)4)34(28,5)47-36/h6-10,24-29H,11-18,20-22H2,1-5H3,(H,40,44)/t24-,25?,26-,27-,28+,29-,34-/m0/s1. The van der Waals surface area contributed by atoms with E-state index in [1.165, 1.54) is 0 Å². The van der Waals surface area contributed by atoms with Gasteiger partial charge in [0.25, 0.3) is 5.92 Å². The number of carbonyl (C=O) groups excluding carboxylic acids is 2. The lowest BCUT2D eigenvalue weighted by molar-refractivity contribution is -0.199. The zero-order chi connectivity index (χ0) is 33.8. The Morgan fingerprint density at radius 1 is 1.19 bits per heavy atom. The molecule has 1 aromatic carbocycles. The molecule has 6 aliphatic rings. The summed E-state index contributed by atoms with van der Waals surface area (Å²) in [5, 5.41) is 12.9. The average molecular weight is 655 g/mol. The van der Waals surface area contributed by atoms with E-state index in [4.69, 9.17) is 14.0 Å². The molecule has 47 heavy (non-hydrogen) atoms. The first-order chi connectivity index (χ1) is 22.1. The van der Waals surface area contributed by atoms with Crippen LogP contribution in [-0.2, 0) is 25.3 Å². The van der Waals surface area contributed by atoms with Crippen LogP contribution in [0.5, 0.6) is 0 Å². The molecule has 7 rings (SSSR count). The summed E-state index contributed by atoms with van der Waals surface area (Å²) in [5.74, 6) is -3.49. The van der Waals surface area contributed by atoms with Gasteiger partial charge in [-0.05, 0) is 75.7 Å². The molecule has 1 aromatic rings. The quantitative estimate of drug-likeness (QED) is 0.351. The SMILES string of the molecule is CC1(C)[C@@H]2C[C@H]3OB([C@H](Cc4ccccc4)NC(=O)OC[C@H]4CCN(C(=O)C(C#N)CC(C)(C)N5CCC(F)(F)C5)C4)O[C@@]3(C)[C@H]1C2. The topological polar surface area (TPSA) is 104 Å². The minimum atomic E-state index is -2.75. The maximum absolute atomic E-state index is 13.9. The van der Waals surface area contributed by atoms with Crippen LogP contribution in [0, 0.1) is 40.4 Å². The number of nitrogens with one attached hydrogen (secondary N) is 1. The van der Waals surface area contributed by atoms with Gasteiger partial charge in [0.1, 0.15) is 5.92 Å². The number of amides is 2. The molecule has 12 heteroatoms. The van der Waals surface area contributed by atoms with Crippen molar-refractivity contribution in [1.29, 1.82) is 5.26 Å². The zero-order valence-electron chi connectivity index (χ0n) is 28.3. The fourth-order valence-corrected chi connectivity index (χ4v) is 9.00. The van der Waals surface area contributed by atoms with E-state index in [2.05, 4.69) is 32.2 Å². The van der Waals surface area contributed by atoms with Crippen LogP contribution in [0.25, 0.3) is 0 Å². The highest BCUT2D eigenvalue weighted by Gasteiger charge is 2.68. The third-order valence-corrected chi connectivity index (χ3v) is 12.1. The van der Waals surface area contributed by atoms with Gasteiger partial charge in [-0.15, -0.1) is 0 Å². The van der Waals surface area contributed by atoms with Crippen molar-refractivity contribution in [1.82, 2.24) is 15.1 Å². The number of rotatable bonds is 10. The molecule has 0 spiro atoms. The van der Waals surface area contributed by atoms with Crippen molar-refractivity contribution >= 4 is 19.1 Å². The Balaban J connectivity index is 1.02. The molecule has 2 amide bonds. The first-order valence-corrected chi connectivity index (χ1v) is 17.2. The molecule has 9 nitrogen and oxygen atoms in total. The molecule has 1 N–H and O–H groups in total. The van der Waals surface area contributed by atoms with Gasteiger partial charge < -0.3 is 24.3 Å². The third-order valence-electron chi connectivity index (χ3n) is 12.1. The summed E-state index contributed by atoms with van der Waals surface area (Å²) in [6, 6.07) is 12.0. The normalized spacial score (nSPS) is 32.2. The summed E-state index contributed by atoms with van der Waals surface area (Å²) >= 11 is 0. The van der Waals surface area contributed by atoms with E-state index < -0.39 is 42.1 Å². The van der Waals surface area contributed by atoms with Crippen LogP contribution in [0.4, 0.5) is 13.6 Å². The van der Waals surface area contributed by atoms with E-state index >= 15 is 0 Å². The average Bonchev–Trinajstić information content (AvgIpc) is 3.74. The minimum Gasteiger partial charge on any atom is -0.449 e. The number of hydrogen-bond donors (Lipinski definition) is 1. The highest BCUT2D eigenvalue weighted by molar-refractivity contribution is 6.47. The van der Waals surface area contributed by atoms with Crippen LogP contribution in [-0.4, -0.2) is 90.8 Å². The number of benzene rings is 1. The van der Waals surface area contributed by atoms with Gasteiger partial charge in [-0.3, -0.25) is 9.69 Å². The maximum atomic E-state index is 13.9. The third kappa shape index (κ3) is 6.77. The lowest BCUT2D eigenvalue weighted by atomic mass is 9.43. The van der Waals surface area contributed by atoms with E-state index in [-0.39, 0.29) is 55.9 Å². The van der Waals surface area contributed by atoms with E-state index in [1.807, 2.05) is 44.2 Å². The number of nitrogens with zero attached hydrogens (tertiary/aromatic N) is 3. The Hall–Kier alpha value is -2.75. The molecule has 1 unspecified atom stereocenters. The Bertz CT molecular complexity index is 1380. The molecule has 3 saturated carbocycles. The second-order valence-electron chi connectivity index (χ2n) is 16.0. The second kappa shape index (κ2) is 12.6. The number of alkyl halides is 2. The number of carbonyl (C=O) groups is 2. The molecular formula is C35H49BF2N4O5. The predicted molar refractivity (Wildman–Crippen MR) is 172 cm³/mol. The largest absolute Gasteiger partial charge is 0.482 e. The molecule has 3 heterocycles. The molecule has 0 radical (unpaired) electrons. The van der Waals surface area contributed by atoms with E-state index in [0.717, 1.165) is 18.4 Å². The maximum Gasteiger partial charge on any atom is 0.482 e. The van der Waals surface area contributed by atoms with E-state index in [0.29, 0.717) is 37.8 Å². The molecule has 3 aliphatic heterocycles. The van der Waals surface area contributed by atoms with Crippen LogP contribution in [0.1, 0.15) is 72.3 Å². The van der Waals surface area contributed by atoms with Crippen molar-refractivity contribution in [2.24, 2.45) is 29.1 Å². The molecule has 2 bridgehead atoms. The van der Waals surface area contributed by atoms with Crippen molar-refractivity contribution in [2.75, 3.05) is 32.8 Å². The van der Waals surface area contributed by atoms with Crippen LogP contribution >= 0.6 is 0 Å². The minimum absolute atomic E-state index is 0.0125. The monoisotopic (exact) mass is 654 g/mol. The van der Waals surface area contributed by atoms with Crippen molar-refractivity contribution in [3.05, 3.63) is 35.9 Å². The van der Waals surface area contributed by atoms with Gasteiger partial charge in [0.15, 0.2) is 0 Å². The molecule has 7 atom stereocenters. The number of hydrogen-bond acceptors (Lipinski definition) is 7. The zero-order valence-corrected chi connectivity index (χ0v) is 28.3. The predicted octanol–water partition coefficient (Wildman–Crippen LogP) is 5.09. The first kappa shape index (κ1) is 34.1. The smallest absolute Gasteiger partial charge is 0.449 e. The molecule has 256 valence electrons. The van der Waals surface area contributed by atoms with Gasteiger partial charge in [0, 0.05) is 37.5 Å². The van der Waals surface area contributed by atoms with Gasteiger partial charge in [0.2, 0.25) is 5.91 Å². The van der Waals surface area contributed by atoms with Crippen molar-refractivity contribution in [3.8, 4) is 6.07 Å². The summed E-state index contributed by atoms with van der Waals surface area (Å²) in [6.07, 6.45) is 2.64. The highest BCUT2D eigenvalue weighted by Crippen LogP contribution is 2.65. The highest BCUT2D eigenvalue weighted by atomic mass is 19.3. The van der Waals surface area contributed by atoms with Crippen molar-refractivity contribution < 1.29 is 32.4 Å². The molecule has 6 fully saturated rings. The summed E-state index contributed by atoms with van der Waals surface area (Å²) in [6.45, 7) is 11.3. The Morgan fingerprint density at radius 3 is 2.60 bits per heavy atom. The van der Waals surface area contributed by atoms with Crippen LogP contribution in [0.2, 0.25) is 0 Å².